The van der Waals surface area contributed by atoms with Crippen molar-refractivity contribution in [2.24, 2.45) is 0 Å². The van der Waals surface area contributed by atoms with Crippen LogP contribution in [0.5, 0.6) is 0 Å². The Kier molecular flexibility index (Phi) is 11.7. The van der Waals surface area contributed by atoms with Gasteiger partial charge < -0.3 is 19.2 Å². The number of quaternary nitrogens is 2. The molecule has 8 nitrogen and oxygen atoms in total. The number of fused-ring (bicyclic) bond motifs is 3. The SMILES string of the molecule is CC[N+](CC)(CC)CCCCNC(=N)NC(=N)N(CCC[N+]12CCN(CC1)CC2)CCc1ccccc1. The zero-order valence-corrected chi connectivity index (χ0v) is 23.9. The highest BCUT2D eigenvalue weighted by atomic mass is 15.5. The average Bonchev–Trinajstić information content (AvgIpc) is 2.94. The van der Waals surface area contributed by atoms with Crippen LogP contribution in [0.4, 0.5) is 0 Å². The Morgan fingerprint density at radius 3 is 2.19 bits per heavy atom. The van der Waals surface area contributed by atoms with E-state index in [0.29, 0.717) is 5.96 Å². The molecule has 0 unspecified atom stereocenters. The largest absolute Gasteiger partial charge is 0.356 e. The fourth-order valence-electron chi connectivity index (χ4n) is 6.08. The number of nitrogens with one attached hydrogen (secondary N) is 4. The van der Waals surface area contributed by atoms with Crippen LogP contribution in [0.1, 0.15) is 45.6 Å². The van der Waals surface area contributed by atoms with Gasteiger partial charge in [-0.2, -0.15) is 0 Å². The molecule has 208 valence electrons. The Balaban J connectivity index is 1.44. The van der Waals surface area contributed by atoms with E-state index in [2.05, 4.69) is 71.5 Å². The second-order valence-corrected chi connectivity index (χ2v) is 11.2. The summed E-state index contributed by atoms with van der Waals surface area (Å²) in [6.07, 6.45) is 4.21. The van der Waals surface area contributed by atoms with Gasteiger partial charge in [-0.1, -0.05) is 30.3 Å². The maximum atomic E-state index is 8.76. The molecule has 8 heteroatoms. The van der Waals surface area contributed by atoms with E-state index in [1.807, 2.05) is 0 Å². The number of hydrogen-bond donors (Lipinski definition) is 4. The van der Waals surface area contributed by atoms with E-state index in [0.717, 1.165) is 45.3 Å². The quantitative estimate of drug-likeness (QED) is 0.126. The van der Waals surface area contributed by atoms with Crippen molar-refractivity contribution < 1.29 is 8.97 Å². The minimum absolute atomic E-state index is 0.242. The molecule has 3 fully saturated rings. The van der Waals surface area contributed by atoms with Gasteiger partial charge in [0.1, 0.15) is 0 Å². The number of piperazine rings is 3. The van der Waals surface area contributed by atoms with Crippen LogP contribution in [0.15, 0.2) is 30.3 Å². The lowest BCUT2D eigenvalue weighted by molar-refractivity contribution is -0.941. The Labute approximate surface area is 226 Å². The molecule has 1 aromatic rings. The lowest BCUT2D eigenvalue weighted by Crippen LogP contribution is -2.67. The zero-order chi connectivity index (χ0) is 26.6. The van der Waals surface area contributed by atoms with E-state index >= 15 is 0 Å². The average molecular weight is 515 g/mol. The summed E-state index contributed by atoms with van der Waals surface area (Å²) in [5.74, 6) is 0.585. The van der Waals surface area contributed by atoms with Gasteiger partial charge in [0, 0.05) is 45.7 Å². The van der Waals surface area contributed by atoms with Crippen molar-refractivity contribution in [1.29, 1.82) is 10.8 Å². The molecular formula is C29H54N8+2. The van der Waals surface area contributed by atoms with Crippen molar-refractivity contribution in [3.63, 3.8) is 0 Å². The molecule has 0 radical (unpaired) electrons. The third kappa shape index (κ3) is 8.97. The highest BCUT2D eigenvalue weighted by Crippen LogP contribution is 2.20. The fraction of sp³-hybridized carbons (Fsp3) is 0.724. The number of hydrogen-bond acceptors (Lipinski definition) is 3. The van der Waals surface area contributed by atoms with Crippen molar-refractivity contribution in [2.75, 3.05) is 91.6 Å². The normalized spacial score (nSPS) is 21.0. The third-order valence-electron chi connectivity index (χ3n) is 9.18. The summed E-state index contributed by atoms with van der Waals surface area (Å²) in [7, 11) is 0. The predicted molar refractivity (Wildman–Crippen MR) is 155 cm³/mol. The van der Waals surface area contributed by atoms with Gasteiger partial charge in [0.05, 0.1) is 52.4 Å². The Hall–Kier alpha value is -2.16. The number of guanidine groups is 2. The fourth-order valence-corrected chi connectivity index (χ4v) is 6.08. The first-order chi connectivity index (χ1) is 17.9. The van der Waals surface area contributed by atoms with E-state index in [9.17, 15) is 0 Å². The molecule has 3 aliphatic heterocycles. The molecular weight excluding hydrogens is 460 g/mol. The Morgan fingerprint density at radius 1 is 0.919 bits per heavy atom. The van der Waals surface area contributed by atoms with E-state index in [4.69, 9.17) is 10.8 Å². The highest BCUT2D eigenvalue weighted by Gasteiger charge is 2.37. The molecule has 0 aromatic heterocycles. The lowest BCUT2D eigenvalue weighted by atomic mass is 10.1. The Morgan fingerprint density at radius 2 is 1.57 bits per heavy atom. The summed E-state index contributed by atoms with van der Waals surface area (Å²) >= 11 is 0. The van der Waals surface area contributed by atoms with Gasteiger partial charge in [-0.3, -0.25) is 21.0 Å². The molecule has 0 aliphatic carbocycles. The first-order valence-electron chi connectivity index (χ1n) is 14.8. The number of rotatable bonds is 15. The van der Waals surface area contributed by atoms with Crippen LogP contribution in [0.3, 0.4) is 0 Å². The molecule has 0 amide bonds. The number of unbranched alkanes of at least 4 members (excludes halogenated alkanes) is 1. The zero-order valence-electron chi connectivity index (χ0n) is 23.9. The van der Waals surface area contributed by atoms with Crippen molar-refractivity contribution in [2.45, 2.75) is 46.5 Å². The monoisotopic (exact) mass is 514 g/mol. The summed E-state index contributed by atoms with van der Waals surface area (Å²) in [5.41, 5.74) is 1.29. The third-order valence-corrected chi connectivity index (χ3v) is 9.18. The lowest BCUT2D eigenvalue weighted by Gasteiger charge is -2.50. The van der Waals surface area contributed by atoms with Crippen LogP contribution in [0.2, 0.25) is 0 Å². The van der Waals surface area contributed by atoms with Crippen molar-refractivity contribution >= 4 is 11.9 Å². The van der Waals surface area contributed by atoms with Gasteiger partial charge in [-0.15, -0.1) is 0 Å². The highest BCUT2D eigenvalue weighted by molar-refractivity contribution is 5.95. The first kappa shape index (κ1) is 29.4. The molecule has 2 bridgehead atoms. The molecule has 0 spiro atoms. The van der Waals surface area contributed by atoms with E-state index < -0.39 is 0 Å². The van der Waals surface area contributed by atoms with Crippen LogP contribution in [0.25, 0.3) is 0 Å². The molecule has 0 atom stereocenters. The van der Waals surface area contributed by atoms with Gasteiger partial charge in [0.2, 0.25) is 0 Å². The molecule has 0 saturated carbocycles. The second-order valence-electron chi connectivity index (χ2n) is 11.2. The summed E-state index contributed by atoms with van der Waals surface area (Å²) in [5, 5.41) is 23.4. The van der Waals surface area contributed by atoms with Gasteiger partial charge in [0.15, 0.2) is 11.9 Å². The standard InChI is InChI=1S/C29H54N8/c1-4-36(5-2,6-3)22-11-10-16-32-28(30)33-29(31)35(18-15-27-13-8-7-9-14-27)17-12-23-37-24-19-34(20-25-37)21-26-37/h7-9,13-14H,4-6,10-12,15-26H2,1-3H3,(H4,30,31,32,33)/q+2. The molecule has 4 rings (SSSR count). The van der Waals surface area contributed by atoms with Crippen LogP contribution >= 0.6 is 0 Å². The molecule has 3 saturated heterocycles. The molecule has 3 heterocycles. The smallest absolute Gasteiger partial charge is 0.197 e. The molecule has 3 aliphatic rings. The van der Waals surface area contributed by atoms with Crippen LogP contribution in [-0.2, 0) is 6.42 Å². The molecule has 37 heavy (non-hydrogen) atoms. The molecule has 4 N–H and O–H groups in total. The van der Waals surface area contributed by atoms with Crippen molar-refractivity contribution in [1.82, 2.24) is 20.4 Å². The summed E-state index contributed by atoms with van der Waals surface area (Å²) < 4.78 is 2.43. The topological polar surface area (TPSA) is 78.2 Å². The van der Waals surface area contributed by atoms with Crippen LogP contribution < -0.4 is 10.6 Å². The van der Waals surface area contributed by atoms with Crippen LogP contribution in [-0.4, -0.2) is 122 Å². The van der Waals surface area contributed by atoms with Gasteiger partial charge in [-0.25, -0.2) is 0 Å². The minimum Gasteiger partial charge on any atom is -0.356 e. The van der Waals surface area contributed by atoms with E-state index in [1.54, 1.807) is 0 Å². The van der Waals surface area contributed by atoms with E-state index in [1.165, 1.54) is 86.5 Å². The summed E-state index contributed by atoms with van der Waals surface area (Å²) in [6.45, 7) is 22.8. The summed E-state index contributed by atoms with van der Waals surface area (Å²) in [4.78, 5) is 4.73. The van der Waals surface area contributed by atoms with Gasteiger partial charge in [0.25, 0.3) is 0 Å². The first-order valence-corrected chi connectivity index (χ1v) is 14.8. The minimum atomic E-state index is 0.242. The maximum absolute atomic E-state index is 8.76. The number of nitrogens with zero attached hydrogens (tertiary/aromatic N) is 4. The number of benzene rings is 1. The van der Waals surface area contributed by atoms with E-state index in [-0.39, 0.29) is 5.96 Å². The van der Waals surface area contributed by atoms with Crippen molar-refractivity contribution in [3.8, 4) is 0 Å². The van der Waals surface area contributed by atoms with Gasteiger partial charge in [-0.05, 0) is 45.6 Å². The van der Waals surface area contributed by atoms with Gasteiger partial charge >= 0.3 is 0 Å². The summed E-state index contributed by atoms with van der Waals surface area (Å²) in [6, 6.07) is 10.5. The second kappa shape index (κ2) is 14.7. The molecule has 1 aromatic carbocycles. The van der Waals surface area contributed by atoms with Crippen molar-refractivity contribution in [3.05, 3.63) is 35.9 Å². The van der Waals surface area contributed by atoms with Crippen LogP contribution in [0, 0.1) is 10.8 Å². The predicted octanol–water partition coefficient (Wildman–Crippen LogP) is 2.77. The maximum Gasteiger partial charge on any atom is 0.197 e. The Bertz CT molecular complexity index is 792.